The Morgan fingerprint density at radius 2 is 2.11 bits per heavy atom. The molecule has 0 radical (unpaired) electrons. The molecular weight excluding hydrogens is 244 g/mol. The van der Waals surface area contributed by atoms with Crippen molar-refractivity contribution in [2.75, 3.05) is 7.11 Å². The minimum Gasteiger partial charge on any atom is -0.496 e. The Kier molecular flexibility index (Phi) is 4.21. The average molecular weight is 256 g/mol. The van der Waals surface area contributed by atoms with Gasteiger partial charge >= 0.3 is 0 Å². The van der Waals surface area contributed by atoms with Gasteiger partial charge in [-0.05, 0) is 23.8 Å². The van der Waals surface area contributed by atoms with Crippen LogP contribution in [0.5, 0.6) is 5.75 Å². The largest absolute Gasteiger partial charge is 0.496 e. The molecule has 0 fully saturated rings. The number of methoxy groups -OCH3 is 1. The number of nitriles is 1. The SMILES string of the molecule is COc1ccccc1SCc1cccnc1C#N. The predicted molar refractivity (Wildman–Crippen MR) is 71.5 cm³/mol. The maximum absolute atomic E-state index is 8.97. The van der Waals surface area contributed by atoms with E-state index in [1.165, 1.54) is 0 Å². The molecule has 18 heavy (non-hydrogen) atoms. The lowest BCUT2D eigenvalue weighted by Gasteiger charge is -2.07. The van der Waals surface area contributed by atoms with E-state index < -0.39 is 0 Å². The number of para-hydroxylation sites is 1. The zero-order valence-electron chi connectivity index (χ0n) is 9.96. The first kappa shape index (κ1) is 12.5. The molecule has 90 valence electrons. The van der Waals surface area contributed by atoms with Gasteiger partial charge in [-0.2, -0.15) is 5.26 Å². The highest BCUT2D eigenvalue weighted by atomic mass is 32.2. The number of nitrogens with zero attached hydrogens (tertiary/aromatic N) is 2. The van der Waals surface area contributed by atoms with Crippen LogP contribution < -0.4 is 4.74 Å². The number of thioether (sulfide) groups is 1. The molecule has 0 unspecified atom stereocenters. The van der Waals surface area contributed by atoms with Crippen LogP contribution in [0.1, 0.15) is 11.3 Å². The summed E-state index contributed by atoms with van der Waals surface area (Å²) in [6.07, 6.45) is 1.63. The molecule has 0 spiro atoms. The molecular formula is C14H12N2OS. The Hall–Kier alpha value is -1.99. The monoisotopic (exact) mass is 256 g/mol. The first-order chi connectivity index (χ1) is 8.85. The normalized spacial score (nSPS) is 9.78. The van der Waals surface area contributed by atoms with Crippen LogP contribution in [0.4, 0.5) is 0 Å². The molecule has 1 aromatic carbocycles. The second kappa shape index (κ2) is 6.08. The second-order valence-corrected chi connectivity index (χ2v) is 4.58. The number of hydrogen-bond acceptors (Lipinski definition) is 4. The summed E-state index contributed by atoms with van der Waals surface area (Å²) in [6.45, 7) is 0. The van der Waals surface area contributed by atoms with Gasteiger partial charge in [0, 0.05) is 16.8 Å². The van der Waals surface area contributed by atoms with Crippen LogP contribution in [-0.2, 0) is 5.75 Å². The molecule has 1 heterocycles. The predicted octanol–water partition coefficient (Wildman–Crippen LogP) is 3.25. The van der Waals surface area contributed by atoms with E-state index >= 15 is 0 Å². The molecule has 2 aromatic rings. The van der Waals surface area contributed by atoms with E-state index in [2.05, 4.69) is 11.1 Å². The molecule has 0 N–H and O–H groups in total. The smallest absolute Gasteiger partial charge is 0.144 e. The van der Waals surface area contributed by atoms with Gasteiger partial charge in [0.15, 0.2) is 0 Å². The molecule has 0 amide bonds. The summed E-state index contributed by atoms with van der Waals surface area (Å²) in [4.78, 5) is 5.11. The van der Waals surface area contributed by atoms with Crippen molar-refractivity contribution in [3.05, 3.63) is 53.9 Å². The van der Waals surface area contributed by atoms with E-state index in [9.17, 15) is 0 Å². The Morgan fingerprint density at radius 1 is 1.28 bits per heavy atom. The molecule has 1 aromatic heterocycles. The van der Waals surface area contributed by atoms with Crippen LogP contribution >= 0.6 is 11.8 Å². The first-order valence-electron chi connectivity index (χ1n) is 5.45. The summed E-state index contributed by atoms with van der Waals surface area (Å²) in [5.74, 6) is 1.56. The van der Waals surface area contributed by atoms with Crippen molar-refractivity contribution < 1.29 is 4.74 Å². The number of pyridine rings is 1. The molecule has 0 saturated heterocycles. The maximum Gasteiger partial charge on any atom is 0.144 e. The van der Waals surface area contributed by atoms with Crippen molar-refractivity contribution in [3.8, 4) is 11.8 Å². The molecule has 0 aliphatic heterocycles. The van der Waals surface area contributed by atoms with Gasteiger partial charge in [-0.25, -0.2) is 4.98 Å². The molecule has 0 bridgehead atoms. The van der Waals surface area contributed by atoms with Gasteiger partial charge in [0.25, 0.3) is 0 Å². The number of aromatic nitrogens is 1. The van der Waals surface area contributed by atoms with E-state index in [0.717, 1.165) is 16.2 Å². The minimum absolute atomic E-state index is 0.486. The lowest BCUT2D eigenvalue weighted by molar-refractivity contribution is 0.405. The van der Waals surface area contributed by atoms with Gasteiger partial charge in [0.1, 0.15) is 17.5 Å². The lowest BCUT2D eigenvalue weighted by atomic mass is 10.2. The quantitative estimate of drug-likeness (QED) is 0.788. The third-order valence-electron chi connectivity index (χ3n) is 2.45. The summed E-state index contributed by atoms with van der Waals surface area (Å²) in [5.41, 5.74) is 1.43. The van der Waals surface area contributed by atoms with Gasteiger partial charge in [-0.1, -0.05) is 18.2 Å². The summed E-state index contributed by atoms with van der Waals surface area (Å²) >= 11 is 1.64. The Balaban J connectivity index is 2.14. The minimum atomic E-state index is 0.486. The highest BCUT2D eigenvalue weighted by Crippen LogP contribution is 2.31. The summed E-state index contributed by atoms with van der Waals surface area (Å²) in [6, 6.07) is 13.7. The first-order valence-corrected chi connectivity index (χ1v) is 6.43. The molecule has 0 aliphatic rings. The zero-order chi connectivity index (χ0) is 12.8. The van der Waals surface area contributed by atoms with Crippen LogP contribution in [0.25, 0.3) is 0 Å². The van der Waals surface area contributed by atoms with E-state index in [1.807, 2.05) is 36.4 Å². The zero-order valence-corrected chi connectivity index (χ0v) is 10.8. The number of ether oxygens (including phenoxy) is 1. The molecule has 0 atom stereocenters. The summed E-state index contributed by atoms with van der Waals surface area (Å²) < 4.78 is 5.29. The molecule has 3 nitrogen and oxygen atoms in total. The van der Waals surface area contributed by atoms with Crippen molar-refractivity contribution in [3.63, 3.8) is 0 Å². The highest BCUT2D eigenvalue weighted by molar-refractivity contribution is 7.98. The van der Waals surface area contributed by atoms with Gasteiger partial charge in [0.05, 0.1) is 7.11 Å². The number of benzene rings is 1. The van der Waals surface area contributed by atoms with Crippen LogP contribution in [0.15, 0.2) is 47.5 Å². The topological polar surface area (TPSA) is 45.9 Å². The third kappa shape index (κ3) is 2.82. The van der Waals surface area contributed by atoms with E-state index in [0.29, 0.717) is 11.4 Å². The van der Waals surface area contributed by atoms with E-state index in [-0.39, 0.29) is 0 Å². The van der Waals surface area contributed by atoms with E-state index in [4.69, 9.17) is 10.00 Å². The lowest BCUT2D eigenvalue weighted by Crippen LogP contribution is -1.91. The fourth-order valence-corrected chi connectivity index (χ4v) is 2.56. The fraction of sp³-hybridized carbons (Fsp3) is 0.143. The number of hydrogen-bond donors (Lipinski definition) is 0. The highest BCUT2D eigenvalue weighted by Gasteiger charge is 2.06. The van der Waals surface area contributed by atoms with E-state index in [1.54, 1.807) is 25.1 Å². The van der Waals surface area contributed by atoms with Gasteiger partial charge < -0.3 is 4.74 Å². The standard InChI is InChI=1S/C14H12N2OS/c1-17-13-6-2-3-7-14(13)18-10-11-5-4-8-16-12(11)9-15/h2-8H,10H2,1H3. The van der Waals surface area contributed by atoms with Crippen molar-refractivity contribution >= 4 is 11.8 Å². The maximum atomic E-state index is 8.97. The number of rotatable bonds is 4. The third-order valence-corrected chi connectivity index (χ3v) is 3.55. The van der Waals surface area contributed by atoms with Crippen LogP contribution in [0.2, 0.25) is 0 Å². The summed E-state index contributed by atoms with van der Waals surface area (Å²) in [7, 11) is 1.66. The van der Waals surface area contributed by atoms with Gasteiger partial charge in [-0.15, -0.1) is 11.8 Å². The van der Waals surface area contributed by atoms with Crippen LogP contribution in [-0.4, -0.2) is 12.1 Å². The Morgan fingerprint density at radius 3 is 2.89 bits per heavy atom. The van der Waals surface area contributed by atoms with Crippen LogP contribution in [0, 0.1) is 11.3 Å². The molecule has 4 heteroatoms. The molecule has 2 rings (SSSR count). The van der Waals surface area contributed by atoms with Crippen molar-refractivity contribution in [2.24, 2.45) is 0 Å². The van der Waals surface area contributed by atoms with Crippen LogP contribution in [0.3, 0.4) is 0 Å². The second-order valence-electron chi connectivity index (χ2n) is 3.56. The molecule has 0 aliphatic carbocycles. The van der Waals surface area contributed by atoms with Crippen molar-refractivity contribution in [1.82, 2.24) is 4.98 Å². The fourth-order valence-electron chi connectivity index (χ4n) is 1.55. The Bertz CT molecular complexity index is 578. The van der Waals surface area contributed by atoms with Crippen molar-refractivity contribution in [1.29, 1.82) is 5.26 Å². The Labute approximate surface area is 110 Å². The summed E-state index contributed by atoms with van der Waals surface area (Å²) in [5, 5.41) is 8.97. The van der Waals surface area contributed by atoms with Gasteiger partial charge in [0.2, 0.25) is 0 Å². The van der Waals surface area contributed by atoms with Gasteiger partial charge in [-0.3, -0.25) is 0 Å². The molecule has 0 saturated carbocycles. The van der Waals surface area contributed by atoms with Crippen molar-refractivity contribution in [2.45, 2.75) is 10.6 Å². The average Bonchev–Trinajstić information content (AvgIpc) is 2.45.